The van der Waals surface area contributed by atoms with Crippen molar-refractivity contribution in [2.24, 2.45) is 22.7 Å². The van der Waals surface area contributed by atoms with Crippen LogP contribution in [0.2, 0.25) is 0 Å². The Balaban J connectivity index is 2.48. The summed E-state index contributed by atoms with van der Waals surface area (Å²) in [7, 11) is 0. The lowest BCUT2D eigenvalue weighted by Crippen LogP contribution is -2.45. The Hall–Kier alpha value is -2.85. The van der Waals surface area contributed by atoms with Gasteiger partial charge < -0.3 is 25.2 Å². The molecular formula is C27H48N4O7. The maximum atomic E-state index is 12.3. The number of hydrogen-bond acceptors (Lipinski definition) is 7. The molecule has 1 fully saturated rings. The van der Waals surface area contributed by atoms with E-state index < -0.39 is 35.3 Å². The lowest BCUT2D eigenvalue weighted by molar-refractivity contribution is -0.141. The standard InChI is InChI=1S/C27H48N4O7/c1-18(15-28-19(2)32)11-9-8-10-12-20-13-21(23(33)34)14-22(20)30-17-31-25(36)38-27(6,7)16-29-24(35)37-26(3,4)5/h17-18,20-22H,8-16H2,1-7H3,(H,28,32)(H,29,35)(H,33,34)(H,30,31,36). The summed E-state index contributed by atoms with van der Waals surface area (Å²) < 4.78 is 10.6. The van der Waals surface area contributed by atoms with Gasteiger partial charge in [0.25, 0.3) is 0 Å². The zero-order valence-electron chi connectivity index (χ0n) is 24.1. The number of carbonyl (C=O) groups is 4. The SMILES string of the molecule is CC(=O)NCC(C)CCCCCC1CC(C(=O)O)CC1N=CNC(=O)OC(C)(C)CNC(=O)OC(C)(C)C. The average Bonchev–Trinajstić information content (AvgIpc) is 3.18. The number of aliphatic carboxylic acids is 1. The largest absolute Gasteiger partial charge is 0.481 e. The number of unbranched alkanes of at least 4 members (excludes halogenated alkanes) is 2. The highest BCUT2D eigenvalue weighted by Gasteiger charge is 2.37. The van der Waals surface area contributed by atoms with Crippen LogP contribution in [-0.4, -0.2) is 65.8 Å². The monoisotopic (exact) mass is 540 g/mol. The number of aliphatic imine (C=N–C) groups is 1. The number of amides is 3. The van der Waals surface area contributed by atoms with Crippen molar-refractivity contribution in [1.29, 1.82) is 0 Å². The van der Waals surface area contributed by atoms with Crippen LogP contribution in [0, 0.1) is 17.8 Å². The molecule has 4 N–H and O–H groups in total. The van der Waals surface area contributed by atoms with Gasteiger partial charge in [-0.25, -0.2) is 9.59 Å². The van der Waals surface area contributed by atoms with Gasteiger partial charge in [-0.1, -0.05) is 26.2 Å². The van der Waals surface area contributed by atoms with E-state index in [-0.39, 0.29) is 24.4 Å². The molecule has 3 amide bonds. The van der Waals surface area contributed by atoms with Crippen molar-refractivity contribution in [2.75, 3.05) is 13.1 Å². The lowest BCUT2D eigenvalue weighted by atomic mass is 9.94. The number of ether oxygens (including phenoxy) is 2. The Labute approximate surface area is 226 Å². The third-order valence-corrected chi connectivity index (χ3v) is 6.35. The topological polar surface area (TPSA) is 155 Å². The molecule has 1 aliphatic rings. The molecular weight excluding hydrogens is 492 g/mol. The molecule has 4 unspecified atom stereocenters. The Bertz CT molecular complexity index is 823. The summed E-state index contributed by atoms with van der Waals surface area (Å²) in [6, 6.07) is -0.183. The first-order chi connectivity index (χ1) is 17.6. The minimum Gasteiger partial charge on any atom is -0.481 e. The van der Waals surface area contributed by atoms with E-state index in [2.05, 4.69) is 27.9 Å². The number of hydrogen-bond donors (Lipinski definition) is 4. The summed E-state index contributed by atoms with van der Waals surface area (Å²) in [6.45, 7) is 13.0. The molecule has 11 nitrogen and oxygen atoms in total. The predicted octanol–water partition coefficient (Wildman–Crippen LogP) is 4.25. The molecule has 0 radical (unpaired) electrons. The fraction of sp³-hybridized carbons (Fsp3) is 0.815. The van der Waals surface area contributed by atoms with Gasteiger partial charge in [0.2, 0.25) is 5.91 Å². The molecule has 38 heavy (non-hydrogen) atoms. The minimum atomic E-state index is -0.987. The molecule has 0 aromatic rings. The van der Waals surface area contributed by atoms with Crippen LogP contribution in [0.4, 0.5) is 9.59 Å². The molecule has 0 spiro atoms. The summed E-state index contributed by atoms with van der Waals surface area (Å²) in [5, 5.41) is 17.4. The second-order valence-electron chi connectivity index (χ2n) is 11.9. The van der Waals surface area contributed by atoms with Crippen LogP contribution >= 0.6 is 0 Å². The van der Waals surface area contributed by atoms with Gasteiger partial charge in [0.15, 0.2) is 0 Å². The number of carboxylic acid groups (broad SMARTS) is 1. The van der Waals surface area contributed by atoms with Crippen LogP contribution in [0.25, 0.3) is 0 Å². The molecule has 0 aromatic heterocycles. The Morgan fingerprint density at radius 2 is 1.68 bits per heavy atom. The first-order valence-electron chi connectivity index (χ1n) is 13.5. The summed E-state index contributed by atoms with van der Waals surface area (Å²) in [6.07, 6.45) is 5.94. The van der Waals surface area contributed by atoms with Crippen LogP contribution in [0.15, 0.2) is 4.99 Å². The fourth-order valence-electron chi connectivity index (χ4n) is 4.39. The van der Waals surface area contributed by atoms with E-state index in [9.17, 15) is 24.3 Å². The van der Waals surface area contributed by atoms with Crippen molar-refractivity contribution in [1.82, 2.24) is 16.0 Å². The molecule has 1 aliphatic carbocycles. The number of carbonyl (C=O) groups excluding carboxylic acids is 3. The van der Waals surface area contributed by atoms with Crippen LogP contribution in [0.5, 0.6) is 0 Å². The van der Waals surface area contributed by atoms with E-state index in [1.165, 1.54) is 13.3 Å². The van der Waals surface area contributed by atoms with Crippen molar-refractivity contribution in [2.45, 2.75) is 111 Å². The maximum absolute atomic E-state index is 12.3. The van der Waals surface area contributed by atoms with E-state index in [0.717, 1.165) is 32.1 Å². The van der Waals surface area contributed by atoms with Crippen molar-refractivity contribution < 1.29 is 33.8 Å². The number of carboxylic acids is 1. The van der Waals surface area contributed by atoms with E-state index in [1.54, 1.807) is 34.6 Å². The number of rotatable bonds is 14. The molecule has 0 aromatic carbocycles. The third-order valence-electron chi connectivity index (χ3n) is 6.35. The van der Waals surface area contributed by atoms with E-state index in [1.807, 2.05) is 0 Å². The molecule has 1 saturated carbocycles. The zero-order chi connectivity index (χ0) is 28.9. The smallest absolute Gasteiger partial charge is 0.412 e. The van der Waals surface area contributed by atoms with Gasteiger partial charge >= 0.3 is 18.2 Å². The van der Waals surface area contributed by atoms with Crippen LogP contribution < -0.4 is 16.0 Å². The number of nitrogens with zero attached hydrogens (tertiary/aromatic N) is 1. The summed E-state index contributed by atoms with van der Waals surface area (Å²) in [5.74, 6) is -0.713. The molecule has 0 bridgehead atoms. The molecule has 4 atom stereocenters. The highest BCUT2D eigenvalue weighted by atomic mass is 16.6. The van der Waals surface area contributed by atoms with Gasteiger partial charge in [-0.05, 0) is 72.1 Å². The number of nitrogens with one attached hydrogen (secondary N) is 3. The minimum absolute atomic E-state index is 0.0145. The summed E-state index contributed by atoms with van der Waals surface area (Å²) in [5.41, 5.74) is -1.62. The van der Waals surface area contributed by atoms with Crippen molar-refractivity contribution >= 4 is 30.4 Å². The van der Waals surface area contributed by atoms with E-state index in [0.29, 0.717) is 25.3 Å². The van der Waals surface area contributed by atoms with Gasteiger partial charge in [0.1, 0.15) is 11.2 Å². The van der Waals surface area contributed by atoms with Crippen molar-refractivity contribution in [3.8, 4) is 0 Å². The Kier molecular flexibility index (Phi) is 13.6. The van der Waals surface area contributed by atoms with Crippen LogP contribution in [0.3, 0.4) is 0 Å². The molecule has 0 saturated heterocycles. The zero-order valence-corrected chi connectivity index (χ0v) is 24.1. The van der Waals surface area contributed by atoms with Gasteiger partial charge in [-0.3, -0.25) is 19.9 Å². The molecule has 1 rings (SSSR count). The van der Waals surface area contributed by atoms with Crippen LogP contribution in [0.1, 0.15) is 93.4 Å². The highest BCUT2D eigenvalue weighted by molar-refractivity contribution is 5.82. The first kappa shape index (κ1) is 33.2. The summed E-state index contributed by atoms with van der Waals surface area (Å²) in [4.78, 5) is 51.1. The first-order valence-corrected chi connectivity index (χ1v) is 13.5. The second kappa shape index (κ2) is 15.5. The van der Waals surface area contributed by atoms with Crippen molar-refractivity contribution in [3.05, 3.63) is 0 Å². The second-order valence-corrected chi connectivity index (χ2v) is 11.9. The Morgan fingerprint density at radius 3 is 2.29 bits per heavy atom. The van der Waals surface area contributed by atoms with E-state index >= 15 is 0 Å². The maximum Gasteiger partial charge on any atom is 0.412 e. The van der Waals surface area contributed by atoms with Gasteiger partial charge in [0.05, 0.1) is 24.8 Å². The van der Waals surface area contributed by atoms with Gasteiger partial charge in [0, 0.05) is 13.5 Å². The average molecular weight is 541 g/mol. The molecule has 218 valence electrons. The molecule has 0 aliphatic heterocycles. The fourth-order valence-corrected chi connectivity index (χ4v) is 4.39. The third kappa shape index (κ3) is 14.8. The van der Waals surface area contributed by atoms with Gasteiger partial charge in [-0.15, -0.1) is 0 Å². The van der Waals surface area contributed by atoms with Crippen molar-refractivity contribution in [3.63, 3.8) is 0 Å². The van der Waals surface area contributed by atoms with Gasteiger partial charge in [-0.2, -0.15) is 0 Å². The Morgan fingerprint density at radius 1 is 1.00 bits per heavy atom. The molecule has 0 heterocycles. The van der Waals surface area contributed by atoms with E-state index in [4.69, 9.17) is 9.47 Å². The van der Waals surface area contributed by atoms with Crippen LogP contribution in [-0.2, 0) is 19.1 Å². The lowest BCUT2D eigenvalue weighted by Gasteiger charge is -2.26. The normalized spacial score (nSPS) is 20.6. The highest BCUT2D eigenvalue weighted by Crippen LogP contribution is 2.37. The number of alkyl carbamates (subject to hydrolysis) is 2. The summed E-state index contributed by atoms with van der Waals surface area (Å²) >= 11 is 0. The predicted molar refractivity (Wildman–Crippen MR) is 145 cm³/mol. The quantitative estimate of drug-likeness (QED) is 0.146. The molecule has 11 heteroatoms.